The van der Waals surface area contributed by atoms with Crippen LogP contribution in [0.1, 0.15) is 38.2 Å². The van der Waals surface area contributed by atoms with Gasteiger partial charge in [0.25, 0.3) is 0 Å². The second-order valence-electron chi connectivity index (χ2n) is 10.8. The lowest BCUT2D eigenvalue weighted by Gasteiger charge is -2.42. The Hall–Kier alpha value is -4.41. The van der Waals surface area contributed by atoms with E-state index in [2.05, 4.69) is 21.6 Å². The predicted molar refractivity (Wildman–Crippen MR) is 162 cm³/mol. The third-order valence-electron chi connectivity index (χ3n) is 7.15. The van der Waals surface area contributed by atoms with E-state index in [0.29, 0.717) is 44.3 Å². The zero-order valence-electron chi connectivity index (χ0n) is 23.9. The van der Waals surface area contributed by atoms with Gasteiger partial charge in [0, 0.05) is 47.1 Å². The monoisotopic (exact) mass is 620 g/mol. The molecule has 5 rings (SSSR count). The number of ether oxygens (including phenoxy) is 2. The Kier molecular flexibility index (Phi) is 8.43. The van der Waals surface area contributed by atoms with Crippen LogP contribution in [-0.4, -0.2) is 41.9 Å². The Morgan fingerprint density at radius 2 is 1.91 bits per heavy atom. The zero-order valence-corrected chi connectivity index (χ0v) is 25.6. The molecule has 1 aliphatic heterocycles. The van der Waals surface area contributed by atoms with E-state index in [1.165, 1.54) is 43.4 Å². The minimum absolute atomic E-state index is 0.0394. The zero-order chi connectivity index (χ0) is 30.9. The van der Waals surface area contributed by atoms with Gasteiger partial charge in [-0.15, -0.1) is 10.2 Å². The molecule has 1 amide bonds. The van der Waals surface area contributed by atoms with Gasteiger partial charge in [0.05, 0.1) is 37.5 Å². The maximum atomic E-state index is 15.0. The Balaban J connectivity index is 1.43. The quantitative estimate of drug-likeness (QED) is 0.316. The van der Waals surface area contributed by atoms with Gasteiger partial charge in [-0.05, 0) is 17.9 Å². The molecule has 0 spiro atoms. The number of amides is 1. The van der Waals surface area contributed by atoms with Gasteiger partial charge >= 0.3 is 0 Å². The highest BCUT2D eigenvalue weighted by molar-refractivity contribution is 8.01. The predicted octanol–water partition coefficient (Wildman–Crippen LogP) is 5.37. The van der Waals surface area contributed by atoms with Gasteiger partial charge in [-0.25, -0.2) is 4.39 Å². The standard InChI is InChI=1S/C30H29FN6O4S2/c1-30(2)12-22-26(23(38)13-30)25(19-7-5-6-8-21(19)31)20(14-32)27(33)37(22)28-35-36-29(43-28)42-15-24(39)34-16-9-17(40-3)11-18(10-16)41-4/h5-11,25H,12-13,15,33H2,1-4H3,(H,34,39). The van der Waals surface area contributed by atoms with Crippen LogP contribution in [0.3, 0.4) is 0 Å². The van der Waals surface area contributed by atoms with E-state index < -0.39 is 17.2 Å². The van der Waals surface area contributed by atoms with E-state index in [4.69, 9.17) is 15.2 Å². The molecule has 2 aromatic carbocycles. The largest absolute Gasteiger partial charge is 0.497 e. The molecule has 0 saturated carbocycles. The van der Waals surface area contributed by atoms with Crippen molar-refractivity contribution >= 4 is 45.6 Å². The van der Waals surface area contributed by atoms with Gasteiger partial charge in [0.2, 0.25) is 11.0 Å². The summed E-state index contributed by atoms with van der Waals surface area (Å²) in [6, 6.07) is 13.3. The summed E-state index contributed by atoms with van der Waals surface area (Å²) in [7, 11) is 3.05. The number of hydrogen-bond donors (Lipinski definition) is 2. The Morgan fingerprint density at radius 3 is 2.56 bits per heavy atom. The minimum Gasteiger partial charge on any atom is -0.497 e. The number of nitrogens with two attached hydrogens (primary N) is 1. The molecule has 1 aliphatic carbocycles. The lowest BCUT2D eigenvalue weighted by molar-refractivity contribution is -0.118. The maximum Gasteiger partial charge on any atom is 0.234 e. The molecule has 1 atom stereocenters. The van der Waals surface area contributed by atoms with Crippen molar-refractivity contribution in [1.82, 2.24) is 10.2 Å². The average Bonchev–Trinajstić information content (AvgIpc) is 3.43. The van der Waals surface area contributed by atoms with Crippen LogP contribution in [0.25, 0.3) is 0 Å². The summed E-state index contributed by atoms with van der Waals surface area (Å²) in [5.41, 5.74) is 7.92. The van der Waals surface area contributed by atoms with Crippen LogP contribution < -0.4 is 25.4 Å². The third kappa shape index (κ3) is 6.07. The number of carbonyl (C=O) groups is 2. The molecule has 0 bridgehead atoms. The summed E-state index contributed by atoms with van der Waals surface area (Å²) in [4.78, 5) is 27.9. The summed E-state index contributed by atoms with van der Waals surface area (Å²) in [6.45, 7) is 3.95. The number of methoxy groups -OCH3 is 2. The van der Waals surface area contributed by atoms with Gasteiger partial charge in [0.15, 0.2) is 10.1 Å². The number of anilines is 2. The molecule has 2 heterocycles. The fourth-order valence-corrected chi connectivity index (χ4v) is 6.98. The minimum atomic E-state index is -0.929. The summed E-state index contributed by atoms with van der Waals surface area (Å²) in [5.74, 6) is -0.721. The SMILES string of the molecule is COc1cc(NC(=O)CSc2nnc(N3C(N)=C(C#N)C(c4ccccc4F)C4=C3CC(C)(C)CC4=O)s2)cc(OC)c1. The molecule has 43 heavy (non-hydrogen) atoms. The number of hydrogen-bond acceptors (Lipinski definition) is 11. The van der Waals surface area contributed by atoms with Crippen molar-refractivity contribution in [2.45, 2.75) is 36.9 Å². The van der Waals surface area contributed by atoms with Crippen molar-refractivity contribution in [3.8, 4) is 17.6 Å². The first kappa shape index (κ1) is 30.1. The lowest BCUT2D eigenvalue weighted by atomic mass is 9.68. The number of aromatic nitrogens is 2. The van der Waals surface area contributed by atoms with Crippen molar-refractivity contribution in [1.29, 1.82) is 5.26 Å². The molecule has 222 valence electrons. The summed E-state index contributed by atoms with van der Waals surface area (Å²) in [6.07, 6.45) is 0.696. The molecular formula is C30H29FN6O4S2. The third-order valence-corrected chi connectivity index (χ3v) is 9.19. The van der Waals surface area contributed by atoms with Crippen LogP contribution >= 0.6 is 23.1 Å². The second-order valence-corrected chi connectivity index (χ2v) is 13.0. The molecule has 13 heteroatoms. The molecule has 3 aromatic rings. The van der Waals surface area contributed by atoms with Gasteiger partial charge in [-0.1, -0.05) is 55.1 Å². The van der Waals surface area contributed by atoms with Crippen molar-refractivity contribution in [2.24, 2.45) is 11.1 Å². The Morgan fingerprint density at radius 1 is 1.21 bits per heavy atom. The normalized spacial score (nSPS) is 17.8. The van der Waals surface area contributed by atoms with Crippen LogP contribution in [0.4, 0.5) is 15.2 Å². The van der Waals surface area contributed by atoms with E-state index in [1.807, 2.05) is 13.8 Å². The van der Waals surface area contributed by atoms with Gasteiger partial charge < -0.3 is 20.5 Å². The van der Waals surface area contributed by atoms with E-state index in [9.17, 15) is 14.9 Å². The lowest BCUT2D eigenvalue weighted by Crippen LogP contribution is -2.42. The molecule has 1 unspecified atom stereocenters. The first-order valence-corrected chi connectivity index (χ1v) is 15.0. The smallest absolute Gasteiger partial charge is 0.234 e. The molecule has 0 fully saturated rings. The molecule has 1 aromatic heterocycles. The van der Waals surface area contributed by atoms with E-state index in [1.54, 1.807) is 41.3 Å². The Labute approximate surface area is 256 Å². The van der Waals surface area contributed by atoms with E-state index in [0.717, 1.165) is 0 Å². The molecule has 10 nitrogen and oxygen atoms in total. The number of Topliss-reactive ketones (excluding diaryl/α,β-unsaturated/α-hetero) is 1. The van der Waals surface area contributed by atoms with Crippen LogP contribution in [0.15, 0.2) is 69.5 Å². The number of nitrogens with zero attached hydrogens (tertiary/aromatic N) is 4. The van der Waals surface area contributed by atoms with Crippen LogP contribution in [-0.2, 0) is 9.59 Å². The highest BCUT2D eigenvalue weighted by atomic mass is 32.2. The fraction of sp³-hybridized carbons (Fsp3) is 0.300. The van der Waals surface area contributed by atoms with Crippen LogP contribution in [0.5, 0.6) is 11.5 Å². The number of ketones is 1. The van der Waals surface area contributed by atoms with Crippen molar-refractivity contribution in [3.63, 3.8) is 0 Å². The van der Waals surface area contributed by atoms with E-state index >= 15 is 4.39 Å². The second kappa shape index (κ2) is 12.1. The number of benzene rings is 2. The summed E-state index contributed by atoms with van der Waals surface area (Å²) < 4.78 is 26.0. The number of carbonyl (C=O) groups excluding carboxylic acids is 2. The summed E-state index contributed by atoms with van der Waals surface area (Å²) >= 11 is 2.36. The number of halogens is 1. The first-order valence-electron chi connectivity index (χ1n) is 13.2. The fourth-order valence-electron chi connectivity index (χ4n) is 5.30. The topological polar surface area (TPSA) is 143 Å². The van der Waals surface area contributed by atoms with Gasteiger partial charge in [0.1, 0.15) is 23.1 Å². The number of nitriles is 1. The molecule has 3 N–H and O–H groups in total. The average molecular weight is 621 g/mol. The Bertz CT molecular complexity index is 1690. The van der Waals surface area contributed by atoms with Gasteiger partial charge in [-0.3, -0.25) is 14.5 Å². The molecular weight excluding hydrogens is 592 g/mol. The number of nitrogens with one attached hydrogen (secondary N) is 1. The first-order chi connectivity index (χ1) is 20.5. The van der Waals surface area contributed by atoms with E-state index in [-0.39, 0.29) is 40.8 Å². The van der Waals surface area contributed by atoms with Crippen LogP contribution in [0.2, 0.25) is 0 Å². The number of rotatable bonds is 8. The van der Waals surface area contributed by atoms with Gasteiger partial charge in [-0.2, -0.15) is 5.26 Å². The molecule has 2 aliphatic rings. The molecule has 0 radical (unpaired) electrons. The highest BCUT2D eigenvalue weighted by Crippen LogP contribution is 2.51. The van der Waals surface area contributed by atoms with Crippen molar-refractivity contribution in [3.05, 3.63) is 76.5 Å². The highest BCUT2D eigenvalue weighted by Gasteiger charge is 2.46. The number of thioether (sulfide) groups is 1. The van der Waals surface area contributed by atoms with Crippen molar-refractivity contribution in [2.75, 3.05) is 30.2 Å². The van der Waals surface area contributed by atoms with Crippen LogP contribution in [0, 0.1) is 22.6 Å². The van der Waals surface area contributed by atoms with Crippen molar-refractivity contribution < 1.29 is 23.5 Å². The molecule has 0 saturated heterocycles. The maximum absolute atomic E-state index is 15.0. The number of allylic oxidation sites excluding steroid dienone is 3. The summed E-state index contributed by atoms with van der Waals surface area (Å²) in [5, 5.41) is 21.9.